The van der Waals surface area contributed by atoms with Gasteiger partial charge in [0.25, 0.3) is 0 Å². The summed E-state index contributed by atoms with van der Waals surface area (Å²) in [7, 11) is 0. The number of hydrogen-bond donors (Lipinski definition) is 1. The minimum absolute atomic E-state index is 0.00303. The van der Waals surface area contributed by atoms with Gasteiger partial charge in [-0.2, -0.15) is 0 Å². The van der Waals surface area contributed by atoms with Crippen molar-refractivity contribution in [2.24, 2.45) is 0 Å². The lowest BCUT2D eigenvalue weighted by molar-refractivity contribution is 0.100. The molecule has 0 unspecified atom stereocenters. The number of phenolic OH excluding ortho intramolecular Hbond substituents is 1. The van der Waals surface area contributed by atoms with Crippen molar-refractivity contribution in [3.8, 4) is 17.1 Å². The van der Waals surface area contributed by atoms with E-state index in [2.05, 4.69) is 19.0 Å². The molecule has 0 saturated carbocycles. The van der Waals surface area contributed by atoms with Crippen molar-refractivity contribution in [2.75, 3.05) is 0 Å². The first-order valence-electron chi connectivity index (χ1n) is 5.96. The van der Waals surface area contributed by atoms with E-state index in [0.29, 0.717) is 11.3 Å². The Morgan fingerprint density at radius 3 is 2.47 bits per heavy atom. The number of carbonyl (C=O) groups is 1. The normalized spacial score (nSPS) is 9.68. The Morgan fingerprint density at radius 2 is 2.00 bits per heavy atom. The number of Topliss-reactive ketones (excluding diaryl/α,β-unsaturated/α-hetero) is 1. The Hall–Kier alpha value is -1.81. The van der Waals surface area contributed by atoms with Crippen LogP contribution >= 0.6 is 11.6 Å². The third kappa shape index (κ3) is 4.10. The molecule has 0 aliphatic rings. The van der Waals surface area contributed by atoms with Crippen LogP contribution in [0.5, 0.6) is 5.75 Å². The molecule has 5 heteroatoms. The predicted octanol–water partition coefficient (Wildman–Crippen LogP) is 4.32. The Morgan fingerprint density at radius 1 is 1.37 bits per heavy atom. The number of ketones is 1. The van der Waals surface area contributed by atoms with Gasteiger partial charge < -0.3 is 9.63 Å². The van der Waals surface area contributed by atoms with Crippen molar-refractivity contribution in [1.29, 1.82) is 0 Å². The highest BCUT2D eigenvalue weighted by atomic mass is 35.5. The minimum Gasteiger partial charge on any atom is -0.506 e. The Bertz CT molecular complexity index is 564. The molecule has 0 aliphatic carbocycles. The fraction of sp³-hybridized carbons (Fsp3) is 0.286. The molecule has 0 spiro atoms. The summed E-state index contributed by atoms with van der Waals surface area (Å²) in [4.78, 5) is 11.0. The van der Waals surface area contributed by atoms with E-state index in [9.17, 15) is 9.90 Å². The number of aromatic nitrogens is 1. The van der Waals surface area contributed by atoms with Gasteiger partial charge in [0.15, 0.2) is 11.5 Å². The van der Waals surface area contributed by atoms with E-state index in [4.69, 9.17) is 16.1 Å². The van der Waals surface area contributed by atoms with E-state index < -0.39 is 0 Å². The van der Waals surface area contributed by atoms with Gasteiger partial charge >= 0.3 is 0 Å². The summed E-state index contributed by atoms with van der Waals surface area (Å²) in [5.41, 5.74) is 0.919. The zero-order chi connectivity index (χ0) is 14.4. The molecule has 19 heavy (non-hydrogen) atoms. The van der Waals surface area contributed by atoms with Crippen LogP contribution in [0.4, 0.5) is 0 Å². The largest absolute Gasteiger partial charge is 0.506 e. The third-order valence-corrected chi connectivity index (χ3v) is 2.41. The minimum atomic E-state index is -0.167. The van der Waals surface area contributed by atoms with Gasteiger partial charge in [0.05, 0.1) is 5.02 Å². The molecular formula is C14H16ClNO3. The molecule has 0 bridgehead atoms. The smallest absolute Gasteiger partial charge is 0.181 e. The molecule has 0 aliphatic heterocycles. The van der Waals surface area contributed by atoms with Gasteiger partial charge in [0.2, 0.25) is 0 Å². The summed E-state index contributed by atoms with van der Waals surface area (Å²) in [6.07, 6.45) is 1.25. The molecule has 4 nitrogen and oxygen atoms in total. The molecule has 2 rings (SSSR count). The lowest BCUT2D eigenvalue weighted by atomic mass is 10.1. The maximum atomic E-state index is 11.0. The van der Waals surface area contributed by atoms with Gasteiger partial charge in [-0.1, -0.05) is 37.0 Å². The lowest BCUT2D eigenvalue weighted by Gasteiger charge is -1.98. The SMILES string of the molecule is CC(=O)c1cc(-c2ccc(O)c(Cl)c2)on1.CCC. The van der Waals surface area contributed by atoms with Crippen LogP contribution in [-0.4, -0.2) is 16.0 Å². The Balaban J connectivity index is 0.000000550. The number of rotatable bonds is 2. The van der Waals surface area contributed by atoms with Crippen LogP contribution in [0.3, 0.4) is 0 Å². The summed E-state index contributed by atoms with van der Waals surface area (Å²) in [5, 5.41) is 13.1. The number of phenols is 1. The van der Waals surface area contributed by atoms with Crippen LogP contribution in [0.15, 0.2) is 28.8 Å². The van der Waals surface area contributed by atoms with Gasteiger partial charge in [0, 0.05) is 18.6 Å². The molecule has 0 amide bonds. The van der Waals surface area contributed by atoms with Crippen molar-refractivity contribution in [1.82, 2.24) is 5.16 Å². The number of halogens is 1. The summed E-state index contributed by atoms with van der Waals surface area (Å²) in [6.45, 7) is 5.66. The number of carbonyl (C=O) groups excluding carboxylic acids is 1. The maximum Gasteiger partial charge on any atom is 0.181 e. The number of aromatic hydroxyl groups is 1. The summed E-state index contributed by atoms with van der Waals surface area (Å²) in [6, 6.07) is 6.16. The van der Waals surface area contributed by atoms with Crippen molar-refractivity contribution < 1.29 is 14.4 Å². The number of hydrogen-bond acceptors (Lipinski definition) is 4. The molecule has 102 valence electrons. The molecule has 2 aromatic rings. The second-order valence-electron chi connectivity index (χ2n) is 4.01. The molecule has 1 aromatic heterocycles. The molecule has 1 heterocycles. The first-order chi connectivity index (χ1) is 8.99. The van der Waals surface area contributed by atoms with E-state index in [0.717, 1.165) is 0 Å². The average molecular weight is 282 g/mol. The predicted molar refractivity (Wildman–Crippen MR) is 74.6 cm³/mol. The second-order valence-corrected chi connectivity index (χ2v) is 4.41. The molecule has 0 radical (unpaired) electrons. The molecule has 0 fully saturated rings. The monoisotopic (exact) mass is 281 g/mol. The van der Waals surface area contributed by atoms with Crippen LogP contribution in [0.1, 0.15) is 37.7 Å². The maximum absolute atomic E-state index is 11.0. The first-order valence-corrected chi connectivity index (χ1v) is 6.33. The van der Waals surface area contributed by atoms with Crippen LogP contribution in [-0.2, 0) is 0 Å². The molecular weight excluding hydrogens is 266 g/mol. The van der Waals surface area contributed by atoms with Crippen molar-refractivity contribution in [2.45, 2.75) is 27.2 Å². The highest BCUT2D eigenvalue weighted by molar-refractivity contribution is 6.32. The summed E-state index contributed by atoms with van der Waals surface area (Å²) >= 11 is 5.75. The fourth-order valence-electron chi connectivity index (χ4n) is 1.24. The number of nitrogens with zero attached hydrogens (tertiary/aromatic N) is 1. The van der Waals surface area contributed by atoms with Crippen LogP contribution in [0, 0.1) is 0 Å². The molecule has 1 N–H and O–H groups in total. The van der Waals surface area contributed by atoms with Crippen molar-refractivity contribution >= 4 is 17.4 Å². The highest BCUT2D eigenvalue weighted by Gasteiger charge is 2.11. The summed E-state index contributed by atoms with van der Waals surface area (Å²) < 4.78 is 5.00. The van der Waals surface area contributed by atoms with Gasteiger partial charge in [-0.3, -0.25) is 4.79 Å². The van der Waals surface area contributed by atoms with Crippen LogP contribution in [0.2, 0.25) is 5.02 Å². The van der Waals surface area contributed by atoms with E-state index in [-0.39, 0.29) is 22.2 Å². The van der Waals surface area contributed by atoms with Gasteiger partial charge in [-0.25, -0.2) is 0 Å². The quantitative estimate of drug-likeness (QED) is 0.833. The average Bonchev–Trinajstić information content (AvgIpc) is 2.83. The molecule has 0 saturated heterocycles. The van der Waals surface area contributed by atoms with Crippen molar-refractivity contribution in [3.05, 3.63) is 35.0 Å². The second kappa shape index (κ2) is 6.95. The fourth-order valence-corrected chi connectivity index (χ4v) is 1.42. The van der Waals surface area contributed by atoms with Gasteiger partial charge in [0.1, 0.15) is 11.4 Å². The molecule has 0 atom stereocenters. The Kier molecular flexibility index (Phi) is 5.57. The zero-order valence-electron chi connectivity index (χ0n) is 11.1. The first kappa shape index (κ1) is 15.2. The van der Waals surface area contributed by atoms with E-state index in [1.165, 1.54) is 25.5 Å². The Labute approximate surface area is 117 Å². The van der Waals surface area contributed by atoms with Gasteiger partial charge in [-0.15, -0.1) is 0 Å². The van der Waals surface area contributed by atoms with E-state index in [1.807, 2.05) is 0 Å². The van der Waals surface area contributed by atoms with Crippen LogP contribution < -0.4 is 0 Å². The van der Waals surface area contributed by atoms with E-state index in [1.54, 1.807) is 12.1 Å². The summed E-state index contributed by atoms with van der Waals surface area (Å²) in [5.74, 6) is 0.267. The topological polar surface area (TPSA) is 63.3 Å². The van der Waals surface area contributed by atoms with E-state index >= 15 is 0 Å². The van der Waals surface area contributed by atoms with Crippen molar-refractivity contribution in [3.63, 3.8) is 0 Å². The molecule has 1 aromatic carbocycles. The lowest BCUT2D eigenvalue weighted by Crippen LogP contribution is -1.89. The van der Waals surface area contributed by atoms with Crippen LogP contribution in [0.25, 0.3) is 11.3 Å². The number of benzene rings is 1. The zero-order valence-corrected chi connectivity index (χ0v) is 11.9. The highest BCUT2D eigenvalue weighted by Crippen LogP contribution is 2.29. The third-order valence-electron chi connectivity index (χ3n) is 2.10. The standard InChI is InChI=1S/C11H8ClNO3.C3H8/c1-6(14)9-5-11(16-13-9)7-2-3-10(15)8(12)4-7;1-3-2/h2-5,15H,1H3;3H2,1-2H3. The van der Waals surface area contributed by atoms with Gasteiger partial charge in [-0.05, 0) is 18.2 Å².